The number of rotatable bonds is 3. The molecule has 1 fully saturated rings. The Morgan fingerprint density at radius 3 is 2.67 bits per heavy atom. The second kappa shape index (κ2) is 11.7. The van der Waals surface area contributed by atoms with E-state index in [9.17, 15) is 13.2 Å². The number of fused-ring (bicyclic) bond motifs is 2. The van der Waals surface area contributed by atoms with Gasteiger partial charge in [0, 0.05) is 18.5 Å². The fourth-order valence-electron chi connectivity index (χ4n) is 6.79. The molecule has 4 aliphatic rings. The number of amides is 1. The van der Waals surface area contributed by atoms with Gasteiger partial charge in [0.1, 0.15) is 5.69 Å². The summed E-state index contributed by atoms with van der Waals surface area (Å²) in [7, 11) is -3.72. The second-order valence-electron chi connectivity index (χ2n) is 11.6. The van der Waals surface area contributed by atoms with Gasteiger partial charge in [-0.2, -0.15) is 0 Å². The van der Waals surface area contributed by atoms with Gasteiger partial charge in [0.05, 0.1) is 12.4 Å². The Hall–Kier alpha value is -2.87. The zero-order valence-corrected chi connectivity index (χ0v) is 23.7. The first-order chi connectivity index (χ1) is 18.8. The van der Waals surface area contributed by atoms with Crippen molar-refractivity contribution in [3.05, 3.63) is 66.4 Å². The molecule has 2 aliphatic carbocycles. The normalized spacial score (nSPS) is 29.5. The largest absolute Gasteiger partial charge is 0.489 e. The molecule has 2 aliphatic heterocycles. The fraction of sp³-hybridized carbons (Fsp3) is 0.548. The van der Waals surface area contributed by atoms with Crippen LogP contribution in [0.3, 0.4) is 0 Å². The van der Waals surface area contributed by atoms with Gasteiger partial charge in [-0.15, -0.1) is 0 Å². The Morgan fingerprint density at radius 2 is 1.90 bits per heavy atom. The predicted molar refractivity (Wildman–Crippen MR) is 155 cm³/mol. The first-order valence-corrected chi connectivity index (χ1v) is 16.1. The van der Waals surface area contributed by atoms with Gasteiger partial charge in [-0.05, 0) is 73.6 Å². The molecular formula is C31H41N3O4S. The molecule has 3 atom stereocenters. The molecule has 1 spiro atoms. The van der Waals surface area contributed by atoms with Gasteiger partial charge in [-0.3, -0.25) is 4.79 Å². The molecule has 5 rings (SSSR count). The van der Waals surface area contributed by atoms with Gasteiger partial charge in [0.25, 0.3) is 5.91 Å². The lowest BCUT2D eigenvalue weighted by Gasteiger charge is -2.44. The quantitative estimate of drug-likeness (QED) is 0.483. The minimum atomic E-state index is -3.72. The van der Waals surface area contributed by atoms with Crippen molar-refractivity contribution in [1.29, 1.82) is 0 Å². The van der Waals surface area contributed by atoms with E-state index < -0.39 is 15.9 Å². The highest BCUT2D eigenvalue weighted by Crippen LogP contribution is 2.48. The van der Waals surface area contributed by atoms with Crippen LogP contribution in [-0.4, -0.2) is 44.8 Å². The van der Waals surface area contributed by atoms with Crippen LogP contribution in [0.2, 0.25) is 0 Å². The van der Waals surface area contributed by atoms with Gasteiger partial charge in [0.2, 0.25) is 10.0 Å². The van der Waals surface area contributed by atoms with Crippen LogP contribution in [0.1, 0.15) is 74.7 Å². The van der Waals surface area contributed by atoms with Crippen LogP contribution >= 0.6 is 0 Å². The average molecular weight is 552 g/mol. The third kappa shape index (κ3) is 6.01. The van der Waals surface area contributed by atoms with Crippen LogP contribution in [-0.2, 0) is 10.0 Å². The summed E-state index contributed by atoms with van der Waals surface area (Å²) in [5.41, 5.74) is 2.31. The molecule has 3 unspecified atom stereocenters. The Kier molecular flexibility index (Phi) is 8.31. The molecule has 210 valence electrons. The van der Waals surface area contributed by atoms with Gasteiger partial charge >= 0.3 is 0 Å². The van der Waals surface area contributed by atoms with E-state index in [1.54, 1.807) is 18.2 Å². The van der Waals surface area contributed by atoms with E-state index in [2.05, 4.69) is 28.9 Å². The SMILES string of the molecule is C=C/C=C\C1=C(C=C)CCCC12COc1ccc3nc1N(CC1CCC1CCCCCCS(=O)(=O)NC3=O)C2. The molecular weight excluding hydrogens is 510 g/mol. The van der Waals surface area contributed by atoms with E-state index in [1.165, 1.54) is 30.4 Å². The summed E-state index contributed by atoms with van der Waals surface area (Å²) in [5, 5.41) is 0. The van der Waals surface area contributed by atoms with Crippen molar-refractivity contribution in [2.24, 2.45) is 17.3 Å². The number of nitrogens with zero attached hydrogens (tertiary/aromatic N) is 2. The fourth-order valence-corrected chi connectivity index (χ4v) is 7.87. The summed E-state index contributed by atoms with van der Waals surface area (Å²) in [6.45, 7) is 10.1. The molecule has 0 saturated heterocycles. The minimum Gasteiger partial charge on any atom is -0.489 e. The maximum Gasteiger partial charge on any atom is 0.283 e. The number of pyridine rings is 1. The number of carbonyl (C=O) groups excluding carboxylic acids is 1. The lowest BCUT2D eigenvalue weighted by molar-refractivity contribution is 0.0976. The Labute approximate surface area is 233 Å². The van der Waals surface area contributed by atoms with Crippen LogP contribution in [0, 0.1) is 17.3 Å². The highest BCUT2D eigenvalue weighted by molar-refractivity contribution is 7.90. The van der Waals surface area contributed by atoms with Crippen molar-refractivity contribution in [3.8, 4) is 5.75 Å². The number of hydrogen-bond acceptors (Lipinski definition) is 6. The number of anilines is 1. The summed E-state index contributed by atoms with van der Waals surface area (Å²) in [5.74, 6) is 1.77. The summed E-state index contributed by atoms with van der Waals surface area (Å²) in [6.07, 6.45) is 18.1. The minimum absolute atomic E-state index is 0.0491. The summed E-state index contributed by atoms with van der Waals surface area (Å²) in [4.78, 5) is 20.1. The molecule has 1 aromatic rings. The van der Waals surface area contributed by atoms with Crippen molar-refractivity contribution in [2.75, 3.05) is 30.3 Å². The number of hydrogen-bond donors (Lipinski definition) is 1. The third-order valence-electron chi connectivity index (χ3n) is 9.05. The van der Waals surface area contributed by atoms with Crippen LogP contribution in [0.5, 0.6) is 5.75 Å². The zero-order valence-electron chi connectivity index (χ0n) is 22.9. The maximum atomic E-state index is 13.0. The number of carbonyl (C=O) groups is 1. The van der Waals surface area contributed by atoms with E-state index >= 15 is 0 Å². The molecule has 0 aromatic carbocycles. The van der Waals surface area contributed by atoms with Crippen molar-refractivity contribution < 1.29 is 17.9 Å². The molecule has 1 saturated carbocycles. The lowest BCUT2D eigenvalue weighted by atomic mass is 9.68. The number of nitrogens with one attached hydrogen (secondary N) is 1. The van der Waals surface area contributed by atoms with Crippen LogP contribution in [0.4, 0.5) is 5.82 Å². The molecule has 8 heteroatoms. The molecule has 3 heterocycles. The van der Waals surface area contributed by atoms with Gasteiger partial charge in [-0.1, -0.05) is 63.1 Å². The van der Waals surface area contributed by atoms with E-state index in [1.807, 2.05) is 12.2 Å². The molecule has 1 amide bonds. The van der Waals surface area contributed by atoms with Gasteiger partial charge < -0.3 is 9.64 Å². The predicted octanol–water partition coefficient (Wildman–Crippen LogP) is 5.73. The second-order valence-corrected chi connectivity index (χ2v) is 13.5. The Morgan fingerprint density at radius 1 is 1.08 bits per heavy atom. The van der Waals surface area contributed by atoms with Gasteiger partial charge in [0.15, 0.2) is 11.6 Å². The van der Waals surface area contributed by atoms with E-state index in [4.69, 9.17) is 9.72 Å². The van der Waals surface area contributed by atoms with Gasteiger partial charge in [-0.25, -0.2) is 18.1 Å². The third-order valence-corrected chi connectivity index (χ3v) is 10.4. The van der Waals surface area contributed by atoms with Crippen LogP contribution in [0.15, 0.2) is 60.7 Å². The van der Waals surface area contributed by atoms with Crippen LogP contribution in [0.25, 0.3) is 0 Å². The van der Waals surface area contributed by atoms with Crippen molar-refractivity contribution in [3.63, 3.8) is 0 Å². The molecule has 39 heavy (non-hydrogen) atoms. The maximum absolute atomic E-state index is 13.0. The average Bonchev–Trinajstić information content (AvgIpc) is 3.05. The van der Waals surface area contributed by atoms with E-state index in [0.29, 0.717) is 43.0 Å². The zero-order chi connectivity index (χ0) is 27.5. The van der Waals surface area contributed by atoms with E-state index in [0.717, 1.165) is 45.1 Å². The number of allylic oxidation sites excluding steroid dienone is 5. The molecule has 1 aromatic heterocycles. The Bertz CT molecular complexity index is 1280. The van der Waals surface area contributed by atoms with Crippen LogP contribution < -0.4 is 14.4 Å². The summed E-state index contributed by atoms with van der Waals surface area (Å²) < 4.78 is 33.9. The Balaban J connectivity index is 1.56. The number of ether oxygens (including phenoxy) is 1. The molecule has 2 bridgehead atoms. The number of sulfonamides is 1. The standard InChI is InChI=1S/C31H41N3O4S/c1-3-5-13-26-23(4-2)12-10-18-31(26)21-34-20-25-15-14-24(25)11-8-6-7-9-19-39(36,37)33-30(35)27-16-17-28(38-22-31)29(34)32-27/h3-5,13,16-17,24-25H,1-2,6-12,14-15,18-22H2,(H,33,35)/b13-5-. The highest BCUT2D eigenvalue weighted by Gasteiger charge is 2.44. The first kappa shape index (κ1) is 27.7. The summed E-state index contributed by atoms with van der Waals surface area (Å²) >= 11 is 0. The number of aromatic nitrogens is 1. The van der Waals surface area contributed by atoms with Crippen molar-refractivity contribution >= 4 is 21.7 Å². The monoisotopic (exact) mass is 551 g/mol. The molecule has 1 N–H and O–H groups in total. The molecule has 7 nitrogen and oxygen atoms in total. The highest BCUT2D eigenvalue weighted by atomic mass is 32.2. The molecule has 0 radical (unpaired) electrons. The summed E-state index contributed by atoms with van der Waals surface area (Å²) in [6, 6.07) is 3.34. The van der Waals surface area contributed by atoms with Crippen molar-refractivity contribution in [1.82, 2.24) is 9.71 Å². The van der Waals surface area contributed by atoms with Crippen molar-refractivity contribution in [2.45, 2.75) is 64.2 Å². The van der Waals surface area contributed by atoms with E-state index in [-0.39, 0.29) is 16.9 Å². The topological polar surface area (TPSA) is 88.6 Å². The first-order valence-electron chi connectivity index (χ1n) is 14.4. The lowest BCUT2D eigenvalue weighted by Crippen LogP contribution is -2.46. The smallest absolute Gasteiger partial charge is 0.283 e.